The predicted molar refractivity (Wildman–Crippen MR) is 44.1 cm³/mol. The number of nitrogens with zero attached hydrogens (tertiary/aromatic N) is 1. The molecule has 1 aliphatic heterocycles. The first kappa shape index (κ1) is 8.68. The zero-order chi connectivity index (χ0) is 8.48. The van der Waals surface area contributed by atoms with E-state index in [4.69, 9.17) is 0 Å². The van der Waals surface area contributed by atoms with Gasteiger partial charge in [0.2, 0.25) is 0 Å². The van der Waals surface area contributed by atoms with Crippen LogP contribution >= 0.6 is 0 Å². The molecule has 0 aromatic carbocycles. The van der Waals surface area contributed by atoms with E-state index in [2.05, 4.69) is 26.5 Å². The molecule has 3 nitrogen and oxygen atoms in total. The van der Waals surface area contributed by atoms with Gasteiger partial charge in [-0.3, -0.25) is 10.1 Å². The molecule has 64 valence electrons. The Kier molecular flexibility index (Phi) is 2.30. The molecule has 11 heavy (non-hydrogen) atoms. The Morgan fingerprint density at radius 2 is 2.09 bits per heavy atom. The summed E-state index contributed by atoms with van der Waals surface area (Å²) >= 11 is 0. The number of ketones is 1. The van der Waals surface area contributed by atoms with Crippen LogP contribution in [0, 0.1) is 0 Å². The molecule has 0 amide bonds. The van der Waals surface area contributed by atoms with Crippen molar-refractivity contribution in [3.8, 4) is 0 Å². The first-order valence-corrected chi connectivity index (χ1v) is 4.06. The fourth-order valence-corrected chi connectivity index (χ4v) is 1.32. The van der Waals surface area contributed by atoms with Crippen LogP contribution in [0.25, 0.3) is 0 Å². The van der Waals surface area contributed by atoms with Crippen LogP contribution in [0.4, 0.5) is 0 Å². The van der Waals surface area contributed by atoms with Gasteiger partial charge in [0, 0.05) is 13.0 Å². The van der Waals surface area contributed by atoms with Gasteiger partial charge in [0.1, 0.15) is 11.9 Å². The molecule has 0 radical (unpaired) electrons. The van der Waals surface area contributed by atoms with Crippen LogP contribution in [-0.4, -0.2) is 44.1 Å². The normalized spacial score (nSPS) is 27.2. The molecule has 0 saturated carbocycles. The Bertz CT molecular complexity index is 160. The van der Waals surface area contributed by atoms with Gasteiger partial charge in [-0.05, 0) is 0 Å². The number of hydrogen-bond donors (Lipinski definition) is 1. The molecule has 0 bridgehead atoms. The zero-order valence-corrected chi connectivity index (χ0v) is 7.55. The molecule has 1 atom stereocenters. The predicted octanol–water partition coefficient (Wildman–Crippen LogP) is -0.0288. The maximum Gasteiger partial charge on any atom is 0.149 e. The van der Waals surface area contributed by atoms with E-state index in [1.54, 1.807) is 0 Å². The molecular formula is C8H17N2O+. The van der Waals surface area contributed by atoms with Gasteiger partial charge < -0.3 is 4.48 Å². The summed E-state index contributed by atoms with van der Waals surface area (Å²) in [5.74, 6) is 0.391. The van der Waals surface area contributed by atoms with Crippen LogP contribution in [0.15, 0.2) is 0 Å². The number of piperidine rings is 1. The smallest absolute Gasteiger partial charge is 0.149 e. The number of quaternary nitrogens is 1. The van der Waals surface area contributed by atoms with Gasteiger partial charge in [-0.15, -0.1) is 0 Å². The third-order valence-electron chi connectivity index (χ3n) is 2.14. The molecular weight excluding hydrogens is 140 g/mol. The summed E-state index contributed by atoms with van der Waals surface area (Å²) in [7, 11) is 6.32. The van der Waals surface area contributed by atoms with E-state index < -0.39 is 0 Å². The van der Waals surface area contributed by atoms with Crippen LogP contribution in [0.1, 0.15) is 12.8 Å². The second-order valence-electron chi connectivity index (χ2n) is 4.08. The van der Waals surface area contributed by atoms with Crippen molar-refractivity contribution in [2.24, 2.45) is 0 Å². The van der Waals surface area contributed by atoms with Gasteiger partial charge >= 0.3 is 0 Å². The third kappa shape index (κ3) is 2.27. The summed E-state index contributed by atoms with van der Waals surface area (Å²) in [6.07, 6.45) is 1.70. The Balaban J connectivity index is 2.53. The SMILES string of the molecule is C[N+](C)(C)C1CC(=O)CCN1. The Morgan fingerprint density at radius 1 is 1.45 bits per heavy atom. The van der Waals surface area contributed by atoms with Crippen molar-refractivity contribution in [2.45, 2.75) is 19.0 Å². The Labute approximate surface area is 68.0 Å². The van der Waals surface area contributed by atoms with Gasteiger partial charge in [0.05, 0.1) is 27.6 Å². The zero-order valence-electron chi connectivity index (χ0n) is 7.55. The maximum atomic E-state index is 11.1. The van der Waals surface area contributed by atoms with E-state index in [9.17, 15) is 4.79 Å². The highest BCUT2D eigenvalue weighted by Gasteiger charge is 2.28. The minimum atomic E-state index is 0.316. The van der Waals surface area contributed by atoms with E-state index in [-0.39, 0.29) is 0 Å². The number of carbonyl (C=O) groups is 1. The first-order chi connectivity index (χ1) is 5.00. The van der Waals surface area contributed by atoms with E-state index >= 15 is 0 Å². The monoisotopic (exact) mass is 157 g/mol. The largest absolute Gasteiger partial charge is 0.316 e. The van der Waals surface area contributed by atoms with Crippen molar-refractivity contribution in [3.05, 3.63) is 0 Å². The van der Waals surface area contributed by atoms with Gasteiger partial charge in [0.25, 0.3) is 0 Å². The molecule has 0 aromatic rings. The molecule has 1 aliphatic rings. The van der Waals surface area contributed by atoms with Gasteiger partial charge in [-0.2, -0.15) is 0 Å². The topological polar surface area (TPSA) is 29.1 Å². The van der Waals surface area contributed by atoms with E-state index in [0.29, 0.717) is 24.8 Å². The summed E-state index contributed by atoms with van der Waals surface area (Å²) in [6, 6.07) is 0. The second kappa shape index (κ2) is 2.91. The van der Waals surface area contributed by atoms with Gasteiger partial charge in [-0.25, -0.2) is 0 Å². The molecule has 1 saturated heterocycles. The average molecular weight is 157 g/mol. The number of hydrogen-bond acceptors (Lipinski definition) is 2. The molecule has 0 spiro atoms. The number of carbonyl (C=O) groups excluding carboxylic acids is 1. The van der Waals surface area contributed by atoms with Crippen LogP contribution in [-0.2, 0) is 4.79 Å². The molecule has 0 aromatic heterocycles. The highest BCUT2D eigenvalue weighted by Crippen LogP contribution is 2.10. The summed E-state index contributed by atoms with van der Waals surface area (Å²) < 4.78 is 0.825. The summed E-state index contributed by atoms with van der Waals surface area (Å²) in [6.45, 7) is 0.846. The van der Waals surface area contributed by atoms with E-state index in [1.165, 1.54) is 0 Å². The fourth-order valence-electron chi connectivity index (χ4n) is 1.32. The van der Waals surface area contributed by atoms with Crippen LogP contribution in [0.3, 0.4) is 0 Å². The minimum Gasteiger partial charge on any atom is -0.316 e. The highest BCUT2D eigenvalue weighted by atomic mass is 16.1. The molecule has 1 rings (SSSR count). The quantitative estimate of drug-likeness (QED) is 0.542. The first-order valence-electron chi connectivity index (χ1n) is 4.06. The lowest BCUT2D eigenvalue weighted by molar-refractivity contribution is -0.899. The molecule has 1 unspecified atom stereocenters. The summed E-state index contributed by atoms with van der Waals surface area (Å²) in [4.78, 5) is 11.1. The van der Waals surface area contributed by atoms with Crippen molar-refractivity contribution in [1.29, 1.82) is 0 Å². The number of rotatable bonds is 1. The van der Waals surface area contributed by atoms with Gasteiger partial charge in [0.15, 0.2) is 0 Å². The fraction of sp³-hybridized carbons (Fsp3) is 0.875. The van der Waals surface area contributed by atoms with Crippen molar-refractivity contribution in [1.82, 2.24) is 5.32 Å². The van der Waals surface area contributed by atoms with Crippen LogP contribution in [0.2, 0.25) is 0 Å². The molecule has 1 heterocycles. The summed E-state index contributed by atoms with van der Waals surface area (Å²) in [5, 5.41) is 3.34. The second-order valence-corrected chi connectivity index (χ2v) is 4.08. The standard InChI is InChI=1S/C8H17N2O/c1-10(2,3)8-6-7(11)4-5-9-8/h8-9H,4-6H2,1-3H3/q+1. The molecule has 1 fully saturated rings. The van der Waals surface area contributed by atoms with Crippen molar-refractivity contribution < 1.29 is 9.28 Å². The third-order valence-corrected chi connectivity index (χ3v) is 2.14. The average Bonchev–Trinajstić information content (AvgIpc) is 1.86. The molecule has 0 aliphatic carbocycles. The number of nitrogens with one attached hydrogen (secondary N) is 1. The lowest BCUT2D eigenvalue weighted by atomic mass is 10.1. The van der Waals surface area contributed by atoms with E-state index in [0.717, 1.165) is 11.0 Å². The molecule has 1 N–H and O–H groups in total. The van der Waals surface area contributed by atoms with Gasteiger partial charge in [-0.1, -0.05) is 0 Å². The Morgan fingerprint density at radius 3 is 2.45 bits per heavy atom. The summed E-state index contributed by atoms with van der Waals surface area (Å²) in [5.41, 5.74) is 0. The lowest BCUT2D eigenvalue weighted by Gasteiger charge is -2.36. The van der Waals surface area contributed by atoms with Crippen LogP contribution < -0.4 is 5.32 Å². The minimum absolute atomic E-state index is 0.316. The van der Waals surface area contributed by atoms with Crippen LogP contribution in [0.5, 0.6) is 0 Å². The van der Waals surface area contributed by atoms with Crippen molar-refractivity contribution in [3.63, 3.8) is 0 Å². The van der Waals surface area contributed by atoms with Crippen molar-refractivity contribution >= 4 is 5.78 Å². The lowest BCUT2D eigenvalue weighted by Crippen LogP contribution is -2.56. The maximum absolute atomic E-state index is 11.1. The highest BCUT2D eigenvalue weighted by molar-refractivity contribution is 5.79. The van der Waals surface area contributed by atoms with E-state index in [1.807, 2.05) is 0 Å². The van der Waals surface area contributed by atoms with Crippen molar-refractivity contribution in [2.75, 3.05) is 27.7 Å². The molecule has 3 heteroatoms. The Hall–Kier alpha value is -0.410. The number of Topliss-reactive ketones (excluding diaryl/α,β-unsaturated/α-hetero) is 1.